The van der Waals surface area contributed by atoms with E-state index >= 15 is 0 Å². The lowest BCUT2D eigenvalue weighted by Crippen LogP contribution is -2.48. The summed E-state index contributed by atoms with van der Waals surface area (Å²) in [4.78, 5) is 14.6. The molecule has 1 atom stereocenters. The van der Waals surface area contributed by atoms with E-state index in [1.165, 1.54) is 12.1 Å². The second-order valence-corrected chi connectivity index (χ2v) is 6.91. The van der Waals surface area contributed by atoms with Crippen LogP contribution in [0, 0.1) is 5.82 Å². The average molecular weight is 367 g/mol. The van der Waals surface area contributed by atoms with Crippen LogP contribution in [0.1, 0.15) is 23.3 Å². The van der Waals surface area contributed by atoms with E-state index < -0.39 is 0 Å². The summed E-state index contributed by atoms with van der Waals surface area (Å²) in [6.07, 6.45) is 3.79. The first-order valence-electron chi connectivity index (χ1n) is 9.08. The van der Waals surface area contributed by atoms with Crippen LogP contribution >= 0.6 is 0 Å². The molecular formula is C20H22FN5O. The Morgan fingerprint density at radius 1 is 1.30 bits per heavy atom. The Hall–Kier alpha value is -3.09. The number of H-pyrrole nitrogens is 1. The second-order valence-electron chi connectivity index (χ2n) is 6.91. The molecule has 27 heavy (non-hydrogen) atoms. The molecule has 0 unspecified atom stereocenters. The number of aryl methyl sites for hydroxylation is 1. The van der Waals surface area contributed by atoms with Gasteiger partial charge in [0.05, 0.1) is 5.69 Å². The van der Waals surface area contributed by atoms with Crippen LogP contribution in [0.5, 0.6) is 0 Å². The molecule has 2 aromatic heterocycles. The number of benzene rings is 1. The highest BCUT2D eigenvalue weighted by Crippen LogP contribution is 2.24. The van der Waals surface area contributed by atoms with Gasteiger partial charge in [-0.1, -0.05) is 0 Å². The van der Waals surface area contributed by atoms with Gasteiger partial charge in [-0.3, -0.25) is 9.89 Å². The molecule has 6 nitrogen and oxygen atoms in total. The van der Waals surface area contributed by atoms with Crippen molar-refractivity contribution in [1.82, 2.24) is 20.1 Å². The Labute approximate surface area is 157 Å². The highest BCUT2D eigenvalue weighted by molar-refractivity contribution is 5.93. The normalized spacial score (nSPS) is 17.1. The molecule has 0 spiro atoms. The Morgan fingerprint density at radius 3 is 2.85 bits per heavy atom. The third-order valence-corrected chi connectivity index (χ3v) is 4.98. The number of rotatable bonds is 4. The minimum atomic E-state index is -0.258. The van der Waals surface area contributed by atoms with Crippen molar-refractivity contribution in [3.05, 3.63) is 60.2 Å². The minimum absolute atomic E-state index is 0.0524. The molecule has 0 aliphatic carbocycles. The molecule has 2 N–H and O–H groups in total. The van der Waals surface area contributed by atoms with Crippen molar-refractivity contribution >= 4 is 11.7 Å². The van der Waals surface area contributed by atoms with Gasteiger partial charge in [0.25, 0.3) is 5.91 Å². The minimum Gasteiger partial charge on any atom is -0.353 e. The predicted molar refractivity (Wildman–Crippen MR) is 102 cm³/mol. The van der Waals surface area contributed by atoms with Crippen molar-refractivity contribution in [2.75, 3.05) is 18.0 Å². The molecule has 1 fully saturated rings. The first kappa shape index (κ1) is 17.3. The molecule has 4 rings (SSSR count). The van der Waals surface area contributed by atoms with Crippen molar-refractivity contribution in [3.8, 4) is 11.3 Å². The number of nitrogens with zero attached hydrogens (tertiary/aromatic N) is 3. The molecule has 1 aliphatic heterocycles. The van der Waals surface area contributed by atoms with Crippen LogP contribution in [0.25, 0.3) is 11.3 Å². The monoisotopic (exact) mass is 367 g/mol. The summed E-state index contributed by atoms with van der Waals surface area (Å²) in [7, 11) is 1.86. The van der Waals surface area contributed by atoms with Gasteiger partial charge in [0.1, 0.15) is 11.5 Å². The van der Waals surface area contributed by atoms with Gasteiger partial charge in [-0.2, -0.15) is 5.10 Å². The number of carbonyl (C=O) groups excluding carboxylic acids is 1. The van der Waals surface area contributed by atoms with Gasteiger partial charge >= 0.3 is 0 Å². The number of carbonyl (C=O) groups is 1. The Balaban J connectivity index is 1.43. The lowest BCUT2D eigenvalue weighted by Gasteiger charge is -2.33. The van der Waals surface area contributed by atoms with Crippen molar-refractivity contribution < 1.29 is 9.18 Å². The topological polar surface area (TPSA) is 66.0 Å². The maximum absolute atomic E-state index is 13.1. The van der Waals surface area contributed by atoms with Gasteiger partial charge in [-0.15, -0.1) is 0 Å². The van der Waals surface area contributed by atoms with Gasteiger partial charge in [0, 0.05) is 38.4 Å². The molecule has 3 heterocycles. The summed E-state index contributed by atoms with van der Waals surface area (Å²) < 4.78 is 14.9. The zero-order chi connectivity index (χ0) is 18.8. The molecule has 140 valence electrons. The Kier molecular flexibility index (Phi) is 4.66. The Morgan fingerprint density at radius 2 is 2.11 bits per heavy atom. The molecule has 1 amide bonds. The van der Waals surface area contributed by atoms with Crippen molar-refractivity contribution in [3.63, 3.8) is 0 Å². The first-order valence-corrected chi connectivity index (χ1v) is 9.08. The molecule has 0 bridgehead atoms. The quantitative estimate of drug-likeness (QED) is 0.745. The average Bonchev–Trinajstić information content (AvgIpc) is 3.32. The van der Waals surface area contributed by atoms with Gasteiger partial charge < -0.3 is 14.8 Å². The number of aromatic amines is 1. The van der Waals surface area contributed by atoms with E-state index in [9.17, 15) is 9.18 Å². The summed E-state index contributed by atoms with van der Waals surface area (Å²) in [5.41, 5.74) is 2.39. The highest BCUT2D eigenvalue weighted by atomic mass is 19.1. The lowest BCUT2D eigenvalue weighted by molar-refractivity contribution is 0.0925. The number of hydrogen-bond donors (Lipinski definition) is 2. The first-order chi connectivity index (χ1) is 13.1. The number of nitrogens with one attached hydrogen (secondary N) is 2. The van der Waals surface area contributed by atoms with Crippen molar-refractivity contribution in [2.24, 2.45) is 7.05 Å². The largest absolute Gasteiger partial charge is 0.353 e. The zero-order valence-corrected chi connectivity index (χ0v) is 15.2. The smallest absolute Gasteiger partial charge is 0.268 e. The third-order valence-electron chi connectivity index (χ3n) is 4.98. The highest BCUT2D eigenvalue weighted by Gasteiger charge is 2.24. The Bertz CT molecular complexity index is 930. The molecule has 1 saturated heterocycles. The van der Waals surface area contributed by atoms with Gasteiger partial charge in [0.15, 0.2) is 5.82 Å². The fourth-order valence-corrected chi connectivity index (χ4v) is 3.51. The standard InChI is InChI=1S/C20H22FN5O/c1-25-10-3-5-18(25)20(27)22-16-4-2-11-26(13-16)19-12-17(23-24-19)14-6-8-15(21)9-7-14/h3,5-10,12,16H,2,4,11,13H2,1H3,(H,22,27)(H,23,24)/t16-/m0/s1. The van der Waals surface area contributed by atoms with Gasteiger partial charge in [-0.25, -0.2) is 4.39 Å². The van der Waals surface area contributed by atoms with Crippen LogP contribution in [-0.2, 0) is 7.05 Å². The van der Waals surface area contributed by atoms with Crippen LogP contribution in [0.15, 0.2) is 48.7 Å². The summed E-state index contributed by atoms with van der Waals surface area (Å²) in [5, 5.41) is 10.6. The van der Waals surface area contributed by atoms with Gasteiger partial charge in [-0.05, 0) is 54.8 Å². The summed E-state index contributed by atoms with van der Waals surface area (Å²) in [5.74, 6) is 0.529. The van der Waals surface area contributed by atoms with Gasteiger partial charge in [0.2, 0.25) is 0 Å². The molecule has 1 aliphatic rings. The van der Waals surface area contributed by atoms with Crippen molar-refractivity contribution in [1.29, 1.82) is 0 Å². The predicted octanol–water partition coefficient (Wildman–Crippen LogP) is 2.95. The lowest BCUT2D eigenvalue weighted by atomic mass is 10.1. The summed E-state index contributed by atoms with van der Waals surface area (Å²) in [6, 6.07) is 12.1. The van der Waals surface area contributed by atoms with Crippen molar-refractivity contribution in [2.45, 2.75) is 18.9 Å². The van der Waals surface area contributed by atoms with E-state index in [2.05, 4.69) is 20.4 Å². The summed E-state index contributed by atoms with van der Waals surface area (Å²) >= 11 is 0. The molecule has 0 saturated carbocycles. The molecule has 7 heteroatoms. The zero-order valence-electron chi connectivity index (χ0n) is 15.2. The number of halogens is 1. The molecule has 0 radical (unpaired) electrons. The number of aromatic nitrogens is 3. The third kappa shape index (κ3) is 3.72. The molecule has 1 aromatic carbocycles. The number of anilines is 1. The fraction of sp³-hybridized carbons (Fsp3) is 0.300. The maximum atomic E-state index is 13.1. The molecule has 3 aromatic rings. The van der Waals surface area contributed by atoms with E-state index in [0.29, 0.717) is 12.2 Å². The van der Waals surface area contributed by atoms with E-state index in [0.717, 1.165) is 36.5 Å². The van der Waals surface area contributed by atoms with Crippen LogP contribution in [0.2, 0.25) is 0 Å². The van der Waals surface area contributed by atoms with E-state index in [-0.39, 0.29) is 17.8 Å². The van der Waals surface area contributed by atoms with Crippen LogP contribution < -0.4 is 10.2 Å². The summed E-state index contributed by atoms with van der Waals surface area (Å²) in [6.45, 7) is 1.61. The van der Waals surface area contributed by atoms with E-state index in [4.69, 9.17) is 0 Å². The maximum Gasteiger partial charge on any atom is 0.268 e. The van der Waals surface area contributed by atoms with E-state index in [1.54, 1.807) is 12.1 Å². The van der Waals surface area contributed by atoms with Crippen LogP contribution in [0.4, 0.5) is 10.2 Å². The number of amides is 1. The SMILES string of the molecule is Cn1cccc1C(=O)N[C@H]1CCCN(c2cc(-c3ccc(F)cc3)[nH]n2)C1. The number of hydrogen-bond acceptors (Lipinski definition) is 3. The fourth-order valence-electron chi connectivity index (χ4n) is 3.51. The number of piperidine rings is 1. The van der Waals surface area contributed by atoms with E-state index in [1.807, 2.05) is 36.0 Å². The van der Waals surface area contributed by atoms with Crippen LogP contribution in [-0.4, -0.2) is 39.8 Å². The van der Waals surface area contributed by atoms with Crippen LogP contribution in [0.3, 0.4) is 0 Å². The molecular weight excluding hydrogens is 345 g/mol. The second kappa shape index (κ2) is 7.26.